The summed E-state index contributed by atoms with van der Waals surface area (Å²) in [7, 11) is 0. The van der Waals surface area contributed by atoms with Gasteiger partial charge in [-0.3, -0.25) is 14.4 Å². The molecule has 1 unspecified atom stereocenters. The summed E-state index contributed by atoms with van der Waals surface area (Å²) in [5.41, 5.74) is -0.580. The van der Waals surface area contributed by atoms with Gasteiger partial charge < -0.3 is 15.4 Å². The molecule has 0 aliphatic carbocycles. The molecule has 2 heterocycles. The minimum absolute atomic E-state index is 0.102. The molecule has 0 saturated heterocycles. The lowest BCUT2D eigenvalue weighted by Gasteiger charge is -2.13. The summed E-state index contributed by atoms with van der Waals surface area (Å²) in [6, 6.07) is 3.33. The number of aromatic nitrogens is 2. The fraction of sp³-hybridized carbons (Fsp3) is 0.211. The summed E-state index contributed by atoms with van der Waals surface area (Å²) in [4.78, 5) is 44.9. The van der Waals surface area contributed by atoms with Crippen molar-refractivity contribution < 1.29 is 32.3 Å². The van der Waals surface area contributed by atoms with Crippen LogP contribution in [0.3, 0.4) is 0 Å². The van der Waals surface area contributed by atoms with Gasteiger partial charge in [-0.15, -0.1) is 11.3 Å². The van der Waals surface area contributed by atoms with E-state index in [4.69, 9.17) is 4.74 Å². The van der Waals surface area contributed by atoms with E-state index in [0.717, 1.165) is 28.0 Å². The monoisotopic (exact) mass is 484 g/mol. The third kappa shape index (κ3) is 5.73. The predicted molar refractivity (Wildman–Crippen MR) is 112 cm³/mol. The molecule has 1 aromatic carbocycles. The van der Waals surface area contributed by atoms with Gasteiger partial charge in [-0.2, -0.15) is 0 Å². The Morgan fingerprint density at radius 2 is 1.94 bits per heavy atom. The molecule has 8 nitrogen and oxygen atoms in total. The first-order chi connectivity index (χ1) is 15.3. The van der Waals surface area contributed by atoms with Crippen molar-refractivity contribution in [2.24, 2.45) is 0 Å². The van der Waals surface area contributed by atoms with E-state index >= 15 is 0 Å². The summed E-state index contributed by atoms with van der Waals surface area (Å²) in [6.45, 7) is 0.706. The van der Waals surface area contributed by atoms with Crippen molar-refractivity contribution in [2.45, 2.75) is 18.1 Å². The Hall–Kier alpha value is -3.19. The molecule has 0 saturated carbocycles. The van der Waals surface area contributed by atoms with Crippen LogP contribution in [-0.4, -0.2) is 46.2 Å². The fourth-order valence-electron chi connectivity index (χ4n) is 2.42. The van der Waals surface area contributed by atoms with Gasteiger partial charge >= 0.3 is 5.97 Å². The van der Waals surface area contributed by atoms with Crippen LogP contribution < -0.4 is 10.6 Å². The highest BCUT2D eigenvalue weighted by Crippen LogP contribution is 2.27. The number of nitrogens with one attached hydrogen (secondary N) is 2. The number of amides is 2. The number of hydrogen-bond acceptors (Lipinski definition) is 8. The Morgan fingerprint density at radius 1 is 1.16 bits per heavy atom. The number of thioether (sulfide) groups is 1. The van der Waals surface area contributed by atoms with Crippen LogP contribution in [0.2, 0.25) is 0 Å². The number of carbonyl (C=O) groups excluding carboxylic acids is 3. The fourth-order valence-corrected chi connectivity index (χ4v) is 3.98. The van der Waals surface area contributed by atoms with Gasteiger partial charge in [0.05, 0.1) is 18.0 Å². The van der Waals surface area contributed by atoms with Crippen molar-refractivity contribution >= 4 is 56.8 Å². The number of nitrogens with zero attached hydrogens (tertiary/aromatic N) is 2. The van der Waals surface area contributed by atoms with E-state index in [1.807, 2.05) is 16.8 Å². The van der Waals surface area contributed by atoms with Crippen LogP contribution in [0.4, 0.5) is 18.9 Å². The van der Waals surface area contributed by atoms with E-state index in [1.54, 1.807) is 0 Å². The maximum Gasteiger partial charge on any atom is 0.317 e. The molecule has 3 aromatic rings. The number of benzene rings is 1. The molecule has 1 atom stereocenters. The molecule has 0 radical (unpaired) electrons. The lowest BCUT2D eigenvalue weighted by molar-refractivity contribution is -0.152. The zero-order valence-electron chi connectivity index (χ0n) is 16.4. The molecule has 13 heteroatoms. The van der Waals surface area contributed by atoms with Crippen LogP contribution in [0.25, 0.3) is 10.2 Å². The molecule has 2 N–H and O–H groups in total. The maximum absolute atomic E-state index is 13.6. The van der Waals surface area contributed by atoms with Gasteiger partial charge in [0.1, 0.15) is 16.2 Å². The number of halogens is 3. The Kier molecular flexibility index (Phi) is 7.64. The molecule has 3 rings (SSSR count). The van der Waals surface area contributed by atoms with Crippen LogP contribution >= 0.6 is 23.1 Å². The average Bonchev–Trinajstić information content (AvgIpc) is 3.26. The Bertz CT molecular complexity index is 1170. The van der Waals surface area contributed by atoms with E-state index in [9.17, 15) is 27.6 Å². The third-order valence-corrected chi connectivity index (χ3v) is 5.76. The van der Waals surface area contributed by atoms with Crippen molar-refractivity contribution in [1.29, 1.82) is 0 Å². The first-order valence-corrected chi connectivity index (χ1v) is 10.8. The molecule has 2 aromatic heterocycles. The Labute approximate surface area is 187 Å². The van der Waals surface area contributed by atoms with Gasteiger partial charge in [0.25, 0.3) is 5.91 Å². The molecule has 0 aliphatic heterocycles. The van der Waals surface area contributed by atoms with E-state index in [-0.39, 0.29) is 5.75 Å². The van der Waals surface area contributed by atoms with Crippen molar-refractivity contribution in [3.63, 3.8) is 0 Å². The molecule has 0 bridgehead atoms. The highest BCUT2D eigenvalue weighted by Gasteiger charge is 2.20. The average molecular weight is 484 g/mol. The van der Waals surface area contributed by atoms with Crippen molar-refractivity contribution in [3.05, 3.63) is 47.4 Å². The number of thiophene rings is 1. The number of hydrogen-bond donors (Lipinski definition) is 2. The van der Waals surface area contributed by atoms with E-state index in [2.05, 4.69) is 15.3 Å². The second kappa shape index (κ2) is 10.4. The van der Waals surface area contributed by atoms with E-state index < -0.39 is 53.6 Å². The number of anilines is 1. The number of esters is 1. The zero-order chi connectivity index (χ0) is 23.3. The van der Waals surface area contributed by atoms with Gasteiger partial charge in [-0.1, -0.05) is 11.8 Å². The standard InChI is InChI=1S/C19H15F3N4O4S2/c1-9(30-14(28)7-32-19-10-4-5-31-18(10)24-8-25-19)17(29)23-6-13(27)26-12-3-2-11(20)15(21)16(12)22/h2-5,8-9H,6-7H2,1H3,(H,23,29)(H,26,27). The van der Waals surface area contributed by atoms with Gasteiger partial charge in [-0.05, 0) is 30.5 Å². The third-order valence-electron chi connectivity index (χ3n) is 3.96. The number of fused-ring (bicyclic) bond motifs is 1. The summed E-state index contributed by atoms with van der Waals surface area (Å²) >= 11 is 2.57. The summed E-state index contributed by atoms with van der Waals surface area (Å²) in [5.74, 6) is -7.13. The van der Waals surface area contributed by atoms with Crippen molar-refractivity contribution in [1.82, 2.24) is 15.3 Å². The Morgan fingerprint density at radius 3 is 2.72 bits per heavy atom. The van der Waals surface area contributed by atoms with Crippen LogP contribution in [0.15, 0.2) is 34.9 Å². The van der Waals surface area contributed by atoms with Crippen LogP contribution in [0.5, 0.6) is 0 Å². The molecular weight excluding hydrogens is 469 g/mol. The van der Waals surface area contributed by atoms with Gasteiger partial charge in [0.15, 0.2) is 23.6 Å². The minimum Gasteiger partial charge on any atom is -0.452 e. The maximum atomic E-state index is 13.6. The largest absolute Gasteiger partial charge is 0.452 e. The topological polar surface area (TPSA) is 110 Å². The van der Waals surface area contributed by atoms with Crippen molar-refractivity contribution in [3.8, 4) is 0 Å². The number of carbonyl (C=O) groups is 3. The SMILES string of the molecule is CC(OC(=O)CSc1ncnc2sccc12)C(=O)NCC(=O)Nc1ccc(F)c(F)c1F. The summed E-state index contributed by atoms with van der Waals surface area (Å²) in [6.07, 6.45) is 0.183. The predicted octanol–water partition coefficient (Wildman–Crippen LogP) is 2.89. The van der Waals surface area contributed by atoms with Gasteiger partial charge in [0, 0.05) is 5.39 Å². The highest BCUT2D eigenvalue weighted by molar-refractivity contribution is 8.00. The molecular formula is C19H15F3N4O4S2. The van der Waals surface area contributed by atoms with Crippen molar-refractivity contribution in [2.75, 3.05) is 17.6 Å². The minimum atomic E-state index is -1.73. The summed E-state index contributed by atoms with van der Waals surface area (Å²) in [5, 5.41) is 7.48. The normalized spacial score (nSPS) is 11.8. The number of rotatable bonds is 8. The molecule has 0 spiro atoms. The molecule has 32 heavy (non-hydrogen) atoms. The lowest BCUT2D eigenvalue weighted by atomic mass is 10.2. The van der Waals surface area contributed by atoms with E-state index in [0.29, 0.717) is 11.1 Å². The van der Waals surface area contributed by atoms with Crippen LogP contribution in [-0.2, 0) is 19.1 Å². The lowest BCUT2D eigenvalue weighted by Crippen LogP contribution is -2.40. The molecule has 0 fully saturated rings. The first-order valence-electron chi connectivity index (χ1n) is 8.97. The smallest absolute Gasteiger partial charge is 0.317 e. The first kappa shape index (κ1) is 23.5. The van der Waals surface area contributed by atoms with E-state index in [1.165, 1.54) is 24.6 Å². The quantitative estimate of drug-likeness (QED) is 0.219. The second-order valence-electron chi connectivity index (χ2n) is 6.23. The van der Waals surface area contributed by atoms with Gasteiger partial charge in [-0.25, -0.2) is 23.1 Å². The second-order valence-corrected chi connectivity index (χ2v) is 8.09. The Balaban J connectivity index is 1.44. The van der Waals surface area contributed by atoms with Crippen LogP contribution in [0, 0.1) is 17.5 Å². The summed E-state index contributed by atoms with van der Waals surface area (Å²) < 4.78 is 44.7. The molecule has 2 amide bonds. The van der Waals surface area contributed by atoms with Gasteiger partial charge in [0.2, 0.25) is 5.91 Å². The number of ether oxygens (including phenoxy) is 1. The van der Waals surface area contributed by atoms with Crippen LogP contribution in [0.1, 0.15) is 6.92 Å². The molecule has 0 aliphatic rings. The highest BCUT2D eigenvalue weighted by atomic mass is 32.2. The molecule has 168 valence electrons. The zero-order valence-corrected chi connectivity index (χ0v) is 18.0.